The van der Waals surface area contributed by atoms with Gasteiger partial charge in [0, 0.05) is 55.6 Å². The summed E-state index contributed by atoms with van der Waals surface area (Å²) < 4.78 is 31.8. The first-order chi connectivity index (χ1) is 24.7. The molecule has 256 valence electrons. The van der Waals surface area contributed by atoms with Crippen LogP contribution in [-0.2, 0) is 4.79 Å². The van der Waals surface area contributed by atoms with Gasteiger partial charge in [0.05, 0.1) is 34.9 Å². The van der Waals surface area contributed by atoms with E-state index in [0.717, 1.165) is 30.2 Å². The van der Waals surface area contributed by atoms with Gasteiger partial charge in [0.15, 0.2) is 0 Å². The number of carbonyl (C=O) groups is 2. The van der Waals surface area contributed by atoms with Gasteiger partial charge in [-0.3, -0.25) is 24.4 Å². The molecule has 1 saturated carbocycles. The predicted molar refractivity (Wildman–Crippen MR) is 192 cm³/mol. The van der Waals surface area contributed by atoms with Gasteiger partial charge in [-0.25, -0.2) is 18.6 Å². The minimum absolute atomic E-state index is 0.0503. The molecule has 5 aromatic rings. The van der Waals surface area contributed by atoms with Crippen LogP contribution in [0, 0.1) is 11.6 Å². The van der Waals surface area contributed by atoms with Crippen LogP contribution in [-0.4, -0.2) is 71.2 Å². The molecule has 1 aromatic heterocycles. The van der Waals surface area contributed by atoms with Crippen LogP contribution in [0.2, 0.25) is 0 Å². The predicted octanol–water partition coefficient (Wildman–Crippen LogP) is 6.31. The lowest BCUT2D eigenvalue weighted by molar-refractivity contribution is -0.112. The number of benzene rings is 4. The van der Waals surface area contributed by atoms with E-state index >= 15 is 4.39 Å². The summed E-state index contributed by atoms with van der Waals surface area (Å²) in [6.45, 7) is 2.13. The summed E-state index contributed by atoms with van der Waals surface area (Å²) in [5.41, 5.74) is 3.13. The second-order valence-electron chi connectivity index (χ2n) is 12.9. The molecule has 1 amide bonds. The Morgan fingerprint density at radius 2 is 1.59 bits per heavy atom. The number of carboxylic acid groups (broad SMARTS) is 1. The molecule has 1 saturated heterocycles. The molecular weight excluding hydrogens is 654 g/mol. The van der Waals surface area contributed by atoms with Crippen LogP contribution in [0.1, 0.15) is 40.4 Å². The number of amides is 1. The number of halogens is 2. The quantitative estimate of drug-likeness (QED) is 0.192. The summed E-state index contributed by atoms with van der Waals surface area (Å²) in [6, 6.07) is 24.0. The Morgan fingerprint density at radius 1 is 0.863 bits per heavy atom. The van der Waals surface area contributed by atoms with Gasteiger partial charge in [0.25, 0.3) is 5.91 Å². The first-order valence-corrected chi connectivity index (χ1v) is 16.7. The van der Waals surface area contributed by atoms with Gasteiger partial charge in [-0.05, 0) is 73.0 Å². The molecule has 0 unspecified atom stereocenters. The molecule has 0 atom stereocenters. The highest BCUT2D eigenvalue weighted by Crippen LogP contribution is 2.38. The van der Waals surface area contributed by atoms with Crippen LogP contribution in [0.5, 0.6) is 0 Å². The number of anilines is 2. The van der Waals surface area contributed by atoms with E-state index in [0.29, 0.717) is 54.3 Å². The molecule has 12 heteroatoms. The number of nitrogens with zero attached hydrogens (tertiary/aromatic N) is 6. The smallest absolute Gasteiger partial charge is 0.341 e. The Labute approximate surface area is 291 Å². The fourth-order valence-electron chi connectivity index (χ4n) is 6.70. The number of carboxylic acids is 1. The number of hydrogen-bond donors (Lipinski definition) is 1. The van der Waals surface area contributed by atoms with Gasteiger partial charge in [-0.15, -0.1) is 0 Å². The van der Waals surface area contributed by atoms with Gasteiger partial charge in [0.1, 0.15) is 22.9 Å². The number of aliphatic imine (C=N–C) groups is 2. The van der Waals surface area contributed by atoms with Crippen molar-refractivity contribution >= 4 is 57.5 Å². The Balaban J connectivity index is 0.991. The van der Waals surface area contributed by atoms with Crippen molar-refractivity contribution in [2.75, 3.05) is 42.6 Å². The third kappa shape index (κ3) is 6.30. The number of piperazine rings is 1. The van der Waals surface area contributed by atoms with Crippen LogP contribution in [0.25, 0.3) is 10.9 Å². The fourth-order valence-corrected chi connectivity index (χ4v) is 6.70. The molecule has 3 heterocycles. The Kier molecular flexibility index (Phi) is 8.23. The van der Waals surface area contributed by atoms with Crippen molar-refractivity contribution < 1.29 is 23.5 Å². The third-order valence-corrected chi connectivity index (χ3v) is 9.53. The maximum absolute atomic E-state index is 15.5. The van der Waals surface area contributed by atoms with Gasteiger partial charge in [0.2, 0.25) is 5.43 Å². The molecule has 2 aliphatic heterocycles. The van der Waals surface area contributed by atoms with E-state index in [4.69, 9.17) is 0 Å². The number of rotatable bonds is 8. The summed E-state index contributed by atoms with van der Waals surface area (Å²) in [4.78, 5) is 53.1. The molecule has 2 fully saturated rings. The number of pyridine rings is 1. The molecular formula is C39H32F2N6O4. The van der Waals surface area contributed by atoms with Crippen molar-refractivity contribution in [3.05, 3.63) is 130 Å². The molecule has 1 aliphatic carbocycles. The summed E-state index contributed by atoms with van der Waals surface area (Å²) >= 11 is 0. The second kappa shape index (κ2) is 13.0. The monoisotopic (exact) mass is 686 g/mol. The topological polar surface area (TPSA) is 111 Å². The summed E-state index contributed by atoms with van der Waals surface area (Å²) in [5, 5.41) is 9.60. The molecule has 10 nitrogen and oxygen atoms in total. The van der Waals surface area contributed by atoms with Crippen LogP contribution in [0.3, 0.4) is 0 Å². The normalized spacial score (nSPS) is 17.2. The van der Waals surface area contributed by atoms with E-state index in [1.54, 1.807) is 52.1 Å². The van der Waals surface area contributed by atoms with Gasteiger partial charge >= 0.3 is 5.97 Å². The van der Waals surface area contributed by atoms with Crippen molar-refractivity contribution in [3.63, 3.8) is 0 Å². The van der Waals surface area contributed by atoms with Crippen LogP contribution >= 0.6 is 0 Å². The third-order valence-electron chi connectivity index (χ3n) is 9.53. The standard InChI is InChI=1S/C39H32F2N6O4/c40-25-6-13-33-29(18-25)36(43-27-9-7-26(8-10-27)42-21-24-4-2-1-3-5-24)38(49)47(33)23-44-14-16-45(17-15-44)35-20-34-30(19-32(35)41)37(48)31(39(50)51)22-46(34)28-11-12-28/h1-10,13,18-22,28H,11-12,14-17,23H2,(H,50,51). The molecule has 0 spiro atoms. The highest BCUT2D eigenvalue weighted by atomic mass is 19.1. The highest BCUT2D eigenvalue weighted by Gasteiger charge is 2.36. The Bertz CT molecular complexity index is 2310. The van der Waals surface area contributed by atoms with Gasteiger partial charge < -0.3 is 14.6 Å². The van der Waals surface area contributed by atoms with E-state index in [1.807, 2.05) is 35.2 Å². The van der Waals surface area contributed by atoms with Gasteiger partial charge in [-0.2, -0.15) is 0 Å². The molecule has 1 N–H and O–H groups in total. The van der Waals surface area contributed by atoms with Crippen molar-refractivity contribution in [3.8, 4) is 0 Å². The average molecular weight is 687 g/mol. The second-order valence-corrected chi connectivity index (χ2v) is 12.9. The molecule has 4 aromatic carbocycles. The zero-order valence-corrected chi connectivity index (χ0v) is 27.4. The number of aromatic carboxylic acids is 1. The first-order valence-electron chi connectivity index (χ1n) is 16.7. The van der Waals surface area contributed by atoms with E-state index in [1.165, 1.54) is 18.3 Å². The van der Waals surface area contributed by atoms with E-state index in [2.05, 4.69) is 14.9 Å². The lowest BCUT2D eigenvalue weighted by Crippen LogP contribution is -2.51. The number of aromatic nitrogens is 1. The van der Waals surface area contributed by atoms with Crippen molar-refractivity contribution in [1.82, 2.24) is 9.47 Å². The SMILES string of the molecule is O=C(O)c1cn(C2CC2)c2cc(N3CCN(CN4C(=O)C(=Nc5ccc(N=Cc6ccccc6)cc5)c5cc(F)ccc54)CC3)c(F)cc2c1=O. The summed E-state index contributed by atoms with van der Waals surface area (Å²) in [6.07, 6.45) is 4.85. The zero-order valence-electron chi connectivity index (χ0n) is 27.4. The Morgan fingerprint density at radius 3 is 2.29 bits per heavy atom. The lowest BCUT2D eigenvalue weighted by atomic mass is 10.1. The first kappa shape index (κ1) is 32.2. The maximum Gasteiger partial charge on any atom is 0.341 e. The molecule has 51 heavy (non-hydrogen) atoms. The number of hydrogen-bond acceptors (Lipinski definition) is 7. The van der Waals surface area contributed by atoms with Gasteiger partial charge in [-0.1, -0.05) is 30.3 Å². The largest absolute Gasteiger partial charge is 0.477 e. The molecule has 8 rings (SSSR count). The molecule has 0 radical (unpaired) electrons. The fraction of sp³-hybridized carbons (Fsp3) is 0.205. The minimum Gasteiger partial charge on any atom is -0.477 e. The maximum atomic E-state index is 15.5. The number of carbonyl (C=O) groups excluding carboxylic acids is 1. The zero-order chi connectivity index (χ0) is 35.2. The lowest BCUT2D eigenvalue weighted by Gasteiger charge is -2.38. The van der Waals surface area contributed by atoms with E-state index in [-0.39, 0.29) is 35.3 Å². The van der Waals surface area contributed by atoms with Crippen LogP contribution in [0.15, 0.2) is 106 Å². The van der Waals surface area contributed by atoms with Crippen LogP contribution in [0.4, 0.5) is 31.5 Å². The average Bonchev–Trinajstić information content (AvgIpc) is 3.95. The summed E-state index contributed by atoms with van der Waals surface area (Å²) in [5.74, 6) is -2.75. The van der Waals surface area contributed by atoms with Crippen LogP contribution < -0.4 is 15.2 Å². The van der Waals surface area contributed by atoms with Crippen molar-refractivity contribution in [2.24, 2.45) is 9.98 Å². The van der Waals surface area contributed by atoms with Crippen molar-refractivity contribution in [1.29, 1.82) is 0 Å². The van der Waals surface area contributed by atoms with E-state index in [9.17, 15) is 23.9 Å². The highest BCUT2D eigenvalue weighted by molar-refractivity contribution is 6.54. The minimum atomic E-state index is -1.33. The van der Waals surface area contributed by atoms with E-state index < -0.39 is 23.0 Å². The van der Waals surface area contributed by atoms with Crippen molar-refractivity contribution in [2.45, 2.75) is 18.9 Å². The molecule has 3 aliphatic rings. The molecule has 0 bridgehead atoms. The summed E-state index contributed by atoms with van der Waals surface area (Å²) in [7, 11) is 0. The Hall–Kier alpha value is -6.01. The number of fused-ring (bicyclic) bond motifs is 2.